The number of hydrogen-bond acceptors (Lipinski definition) is 5. The number of nitrogens with one attached hydrogen (secondary N) is 1. The van der Waals surface area contributed by atoms with Gasteiger partial charge in [-0.25, -0.2) is 0 Å². The first-order chi connectivity index (χ1) is 11.6. The number of benzene rings is 1. The summed E-state index contributed by atoms with van der Waals surface area (Å²) in [7, 11) is 1.64. The Kier molecular flexibility index (Phi) is 4.76. The van der Waals surface area contributed by atoms with Crippen molar-refractivity contribution >= 4 is 22.9 Å². The molecule has 0 fully saturated rings. The van der Waals surface area contributed by atoms with Crippen LogP contribution < -0.4 is 10.1 Å². The van der Waals surface area contributed by atoms with Crippen molar-refractivity contribution in [2.45, 2.75) is 25.4 Å². The third-order valence-electron chi connectivity index (χ3n) is 3.81. The molecule has 1 N–H and O–H groups in total. The molecule has 6 heteroatoms. The summed E-state index contributed by atoms with van der Waals surface area (Å²) in [5.41, 5.74) is 2.11. The van der Waals surface area contributed by atoms with Crippen LogP contribution >= 0.6 is 11.3 Å². The summed E-state index contributed by atoms with van der Waals surface area (Å²) < 4.78 is 5.16. The Hall–Kier alpha value is -2.47. The fraction of sp³-hybridized carbons (Fsp3) is 0.278. The molecule has 1 aromatic carbocycles. The Morgan fingerprint density at radius 1 is 1.33 bits per heavy atom. The van der Waals surface area contributed by atoms with Crippen molar-refractivity contribution in [1.82, 2.24) is 5.32 Å². The van der Waals surface area contributed by atoms with E-state index in [1.165, 1.54) is 0 Å². The molecule has 2 aromatic rings. The summed E-state index contributed by atoms with van der Waals surface area (Å²) in [6, 6.07) is 9.63. The van der Waals surface area contributed by atoms with Crippen LogP contribution in [0.3, 0.4) is 0 Å². The molecule has 2 heterocycles. The lowest BCUT2D eigenvalue weighted by Gasteiger charge is -2.27. The van der Waals surface area contributed by atoms with E-state index in [2.05, 4.69) is 15.5 Å². The fourth-order valence-corrected chi connectivity index (χ4v) is 3.15. The molecule has 0 spiro atoms. The molecule has 1 atom stereocenters. The van der Waals surface area contributed by atoms with Gasteiger partial charge in [0.05, 0.1) is 19.2 Å². The van der Waals surface area contributed by atoms with E-state index in [1.54, 1.807) is 18.4 Å². The molecule has 0 aliphatic carbocycles. The van der Waals surface area contributed by atoms with Crippen LogP contribution in [0.15, 0.2) is 57.4 Å². The molecule has 0 saturated heterocycles. The monoisotopic (exact) mass is 341 g/mol. The molecule has 5 nitrogen and oxygen atoms in total. The van der Waals surface area contributed by atoms with E-state index in [4.69, 9.17) is 4.74 Å². The van der Waals surface area contributed by atoms with Crippen molar-refractivity contribution in [2.75, 3.05) is 7.11 Å². The molecular formula is C18H19N3O2S. The number of carbonyl (C=O) groups is 1. The van der Waals surface area contributed by atoms with E-state index in [-0.39, 0.29) is 5.91 Å². The average molecular weight is 341 g/mol. The van der Waals surface area contributed by atoms with Crippen LogP contribution in [0, 0.1) is 0 Å². The number of amides is 1. The van der Waals surface area contributed by atoms with Crippen molar-refractivity contribution < 1.29 is 9.53 Å². The molecule has 1 aliphatic rings. The van der Waals surface area contributed by atoms with Gasteiger partial charge in [-0.05, 0) is 53.6 Å². The van der Waals surface area contributed by atoms with Crippen LogP contribution in [0.2, 0.25) is 0 Å². The highest BCUT2D eigenvalue weighted by molar-refractivity contribution is 7.08. The van der Waals surface area contributed by atoms with Gasteiger partial charge in [-0.2, -0.15) is 21.6 Å². The van der Waals surface area contributed by atoms with Crippen LogP contribution in [0.5, 0.6) is 5.75 Å². The highest BCUT2D eigenvalue weighted by atomic mass is 32.1. The van der Waals surface area contributed by atoms with E-state index >= 15 is 0 Å². The molecule has 124 valence electrons. The minimum atomic E-state index is -0.691. The van der Waals surface area contributed by atoms with Crippen LogP contribution in [-0.2, 0) is 11.2 Å². The second kappa shape index (κ2) is 6.97. The van der Waals surface area contributed by atoms with Crippen LogP contribution in [-0.4, -0.2) is 18.7 Å². The molecule has 0 radical (unpaired) electrons. The second-order valence-electron chi connectivity index (χ2n) is 5.85. The first-order valence-corrected chi connectivity index (χ1v) is 8.62. The lowest BCUT2D eigenvalue weighted by atomic mass is 10.0. The number of hydrogen-bond donors (Lipinski definition) is 1. The minimum Gasteiger partial charge on any atom is -0.497 e. The Labute approximate surface area is 145 Å². The van der Waals surface area contributed by atoms with E-state index in [1.807, 2.05) is 54.1 Å². The zero-order valence-electron chi connectivity index (χ0n) is 13.7. The molecule has 0 saturated carbocycles. The Morgan fingerprint density at radius 2 is 2.12 bits per heavy atom. The van der Waals surface area contributed by atoms with Gasteiger partial charge in [-0.1, -0.05) is 6.08 Å². The largest absolute Gasteiger partial charge is 0.497 e. The Balaban J connectivity index is 1.62. The van der Waals surface area contributed by atoms with Crippen molar-refractivity contribution in [1.29, 1.82) is 0 Å². The maximum Gasteiger partial charge on any atom is 0.226 e. The number of thiophene rings is 1. The SMILES string of the molecule is COc1ccc(C2=CCC(C)(NC(=O)Cc3ccsc3)N=N2)cc1. The average Bonchev–Trinajstić information content (AvgIpc) is 3.08. The predicted octanol–water partition coefficient (Wildman–Crippen LogP) is 4.03. The van der Waals surface area contributed by atoms with Crippen LogP contribution in [0.1, 0.15) is 24.5 Å². The molecule has 1 aliphatic heterocycles. The summed E-state index contributed by atoms with van der Waals surface area (Å²) in [6.07, 6.45) is 2.97. The van der Waals surface area contributed by atoms with Gasteiger partial charge >= 0.3 is 0 Å². The standard InChI is InChI=1S/C18H19N3O2S/c1-18(19-17(22)11-13-8-10-24-12-13)9-7-16(20-21-18)14-3-5-15(23-2)6-4-14/h3-8,10,12H,9,11H2,1-2H3,(H,19,22). The molecule has 24 heavy (non-hydrogen) atoms. The maximum absolute atomic E-state index is 12.2. The lowest BCUT2D eigenvalue weighted by molar-refractivity contribution is -0.122. The third kappa shape index (κ3) is 3.89. The zero-order valence-corrected chi connectivity index (χ0v) is 14.5. The summed E-state index contributed by atoms with van der Waals surface area (Å²) >= 11 is 1.59. The summed E-state index contributed by atoms with van der Waals surface area (Å²) in [4.78, 5) is 12.2. The van der Waals surface area contributed by atoms with Gasteiger partial charge in [-0.15, -0.1) is 0 Å². The lowest BCUT2D eigenvalue weighted by Crippen LogP contribution is -2.45. The van der Waals surface area contributed by atoms with E-state index < -0.39 is 5.66 Å². The summed E-state index contributed by atoms with van der Waals surface area (Å²) in [5, 5.41) is 15.5. The van der Waals surface area contributed by atoms with Gasteiger partial charge in [0, 0.05) is 12.0 Å². The molecule has 0 bridgehead atoms. The number of ether oxygens (including phenoxy) is 1. The summed E-state index contributed by atoms with van der Waals surface area (Å²) in [5.74, 6) is 0.758. The number of methoxy groups -OCH3 is 1. The Morgan fingerprint density at radius 3 is 2.71 bits per heavy atom. The van der Waals surface area contributed by atoms with Gasteiger partial charge in [0.1, 0.15) is 5.75 Å². The van der Waals surface area contributed by atoms with Gasteiger partial charge in [0.15, 0.2) is 5.66 Å². The second-order valence-corrected chi connectivity index (χ2v) is 6.63. The van der Waals surface area contributed by atoms with E-state index in [0.29, 0.717) is 12.8 Å². The normalized spacial score (nSPS) is 19.7. The molecular weight excluding hydrogens is 322 g/mol. The highest BCUT2D eigenvalue weighted by Crippen LogP contribution is 2.28. The van der Waals surface area contributed by atoms with Crippen molar-refractivity contribution in [3.8, 4) is 5.75 Å². The molecule has 1 aromatic heterocycles. The van der Waals surface area contributed by atoms with Gasteiger partial charge in [0.25, 0.3) is 0 Å². The quantitative estimate of drug-likeness (QED) is 0.892. The van der Waals surface area contributed by atoms with Crippen molar-refractivity contribution in [3.63, 3.8) is 0 Å². The van der Waals surface area contributed by atoms with Gasteiger partial charge in [-0.3, -0.25) is 4.79 Å². The molecule has 1 amide bonds. The van der Waals surface area contributed by atoms with Crippen molar-refractivity contribution in [3.05, 3.63) is 58.3 Å². The van der Waals surface area contributed by atoms with E-state index in [0.717, 1.165) is 22.6 Å². The number of azo groups is 1. The fourth-order valence-electron chi connectivity index (χ4n) is 2.48. The number of rotatable bonds is 5. The van der Waals surface area contributed by atoms with Gasteiger partial charge in [0.2, 0.25) is 5.91 Å². The van der Waals surface area contributed by atoms with E-state index in [9.17, 15) is 4.79 Å². The molecule has 3 rings (SSSR count). The zero-order chi connectivity index (χ0) is 17.0. The van der Waals surface area contributed by atoms with Gasteiger partial charge < -0.3 is 10.1 Å². The topological polar surface area (TPSA) is 63.0 Å². The summed E-state index contributed by atoms with van der Waals surface area (Å²) in [6.45, 7) is 1.88. The first kappa shape index (κ1) is 16.4. The van der Waals surface area contributed by atoms with Crippen molar-refractivity contribution in [2.24, 2.45) is 10.2 Å². The molecule has 1 unspecified atom stereocenters. The first-order valence-electron chi connectivity index (χ1n) is 7.67. The van der Waals surface area contributed by atoms with Crippen LogP contribution in [0.4, 0.5) is 0 Å². The third-order valence-corrected chi connectivity index (χ3v) is 4.54. The number of nitrogens with zero attached hydrogens (tertiary/aromatic N) is 2. The predicted molar refractivity (Wildman–Crippen MR) is 95.0 cm³/mol. The minimum absolute atomic E-state index is 0.0452. The highest BCUT2D eigenvalue weighted by Gasteiger charge is 2.28. The number of carbonyl (C=O) groups excluding carboxylic acids is 1. The smallest absolute Gasteiger partial charge is 0.226 e. The maximum atomic E-state index is 12.2. The van der Waals surface area contributed by atoms with Crippen LogP contribution in [0.25, 0.3) is 5.70 Å². The Bertz CT molecular complexity index is 766.